The predicted octanol–water partition coefficient (Wildman–Crippen LogP) is 4.98. The van der Waals surface area contributed by atoms with Gasteiger partial charge in [-0.2, -0.15) is 8.42 Å². The second-order valence-corrected chi connectivity index (χ2v) is 11.8. The molecule has 41 heavy (non-hydrogen) atoms. The van der Waals surface area contributed by atoms with Crippen molar-refractivity contribution in [3.05, 3.63) is 60.2 Å². The monoisotopic (exact) mass is 590 g/mol. The maximum Gasteiger partial charge on any atom is 0.404 e. The molecule has 1 saturated heterocycles. The highest BCUT2D eigenvalue weighted by atomic mass is 32.3. The summed E-state index contributed by atoms with van der Waals surface area (Å²) in [4.78, 5) is 28.3. The number of carbonyl (C=O) groups excluding carboxylic acids is 1. The zero-order chi connectivity index (χ0) is 29.7. The quantitative estimate of drug-likeness (QED) is 0.312. The molecule has 1 aliphatic heterocycles. The molecule has 1 aromatic heterocycles. The summed E-state index contributed by atoms with van der Waals surface area (Å²) in [5.74, 6) is 0.411. The summed E-state index contributed by atoms with van der Waals surface area (Å²) in [5.41, 5.74) is 2.43. The first-order valence-electron chi connectivity index (χ1n) is 13.7. The second-order valence-electron chi connectivity index (χ2n) is 10.7. The number of hydrogen-bond acceptors (Lipinski definition) is 7. The molecule has 10 nitrogen and oxygen atoms in total. The van der Waals surface area contributed by atoms with Crippen molar-refractivity contribution >= 4 is 28.5 Å². The van der Waals surface area contributed by atoms with Crippen LogP contribution in [0.5, 0.6) is 0 Å². The minimum atomic E-state index is -4.17. The second kappa shape index (κ2) is 13.1. The normalized spacial score (nSPS) is 29.1. The fourth-order valence-corrected chi connectivity index (χ4v) is 6.92. The number of hydrogen-bond donors (Lipinski definition) is 3. The van der Waals surface area contributed by atoms with Gasteiger partial charge in [-0.05, 0) is 87.1 Å². The highest BCUT2D eigenvalue weighted by molar-refractivity contribution is 7.80. The van der Waals surface area contributed by atoms with Crippen LogP contribution in [0, 0.1) is 35.4 Å². The van der Waals surface area contributed by atoms with Crippen molar-refractivity contribution in [2.24, 2.45) is 29.6 Å². The Morgan fingerprint density at radius 3 is 2.61 bits per heavy atom. The first-order chi connectivity index (χ1) is 19.4. The molecule has 0 unspecified atom stereocenters. The maximum absolute atomic E-state index is 13.5. The summed E-state index contributed by atoms with van der Waals surface area (Å²) < 4.78 is 49.8. The van der Waals surface area contributed by atoms with Crippen LogP contribution >= 0.6 is 0 Å². The number of esters is 1. The average molecular weight is 591 g/mol. The van der Waals surface area contributed by atoms with Crippen molar-refractivity contribution in [3.63, 3.8) is 0 Å². The lowest BCUT2D eigenvalue weighted by molar-refractivity contribution is -0.144. The third-order valence-electron chi connectivity index (χ3n) is 8.18. The third-order valence-corrected chi connectivity index (χ3v) is 8.71. The fourth-order valence-electron chi connectivity index (χ4n) is 6.62. The minimum absolute atomic E-state index is 0.0289. The molecule has 0 radical (unpaired) electrons. The molecule has 3 N–H and O–H groups in total. The first-order valence-corrected chi connectivity index (χ1v) is 15.0. The molecule has 2 saturated carbocycles. The predicted molar refractivity (Wildman–Crippen MR) is 148 cm³/mol. The summed E-state index contributed by atoms with van der Waals surface area (Å²) >= 11 is 0. The van der Waals surface area contributed by atoms with Crippen molar-refractivity contribution in [3.8, 4) is 11.1 Å². The van der Waals surface area contributed by atoms with Crippen LogP contribution in [0.3, 0.4) is 0 Å². The Morgan fingerprint density at radius 2 is 2.00 bits per heavy atom. The van der Waals surface area contributed by atoms with E-state index in [4.69, 9.17) is 14.4 Å². The van der Waals surface area contributed by atoms with E-state index in [-0.39, 0.29) is 54.2 Å². The Kier molecular flexibility index (Phi) is 9.77. The zero-order valence-corrected chi connectivity index (χ0v) is 23.7. The lowest BCUT2D eigenvalue weighted by Gasteiger charge is -2.47. The summed E-state index contributed by atoms with van der Waals surface area (Å²) in [6.45, 7) is 3.42. The topological polar surface area (TPSA) is 152 Å². The van der Waals surface area contributed by atoms with Crippen molar-refractivity contribution in [2.45, 2.75) is 51.7 Å². The average Bonchev–Trinajstić information content (AvgIpc) is 3.19. The van der Waals surface area contributed by atoms with E-state index in [0.717, 1.165) is 42.5 Å². The molecule has 3 fully saturated rings. The largest absolute Gasteiger partial charge is 0.465 e. The number of nitrogens with zero attached hydrogens (tertiary/aromatic N) is 1. The highest BCUT2D eigenvalue weighted by Gasteiger charge is 2.54. The molecule has 2 aromatic rings. The van der Waals surface area contributed by atoms with Crippen molar-refractivity contribution < 1.29 is 41.0 Å². The number of carboxylic acid groups (broad SMARTS) is 1. The number of fused-ring (bicyclic) bond motifs is 2. The number of aromatic nitrogens is 1. The van der Waals surface area contributed by atoms with Gasteiger partial charge in [0, 0.05) is 23.7 Å². The molecule has 12 heteroatoms. The van der Waals surface area contributed by atoms with Crippen LogP contribution in [0.25, 0.3) is 17.2 Å². The van der Waals surface area contributed by atoms with Gasteiger partial charge in [-0.1, -0.05) is 24.3 Å². The molecule has 3 aliphatic rings. The van der Waals surface area contributed by atoms with Gasteiger partial charge in [0.15, 0.2) is 0 Å². The number of ether oxygens (including phenoxy) is 1. The van der Waals surface area contributed by atoms with Crippen LogP contribution < -0.4 is 5.32 Å². The number of amides is 1. The van der Waals surface area contributed by atoms with Crippen LogP contribution in [0.2, 0.25) is 0 Å². The zero-order valence-electron chi connectivity index (χ0n) is 22.9. The Balaban J connectivity index is 0.000000493. The molecule has 2 aliphatic carbocycles. The number of pyridine rings is 1. The summed E-state index contributed by atoms with van der Waals surface area (Å²) in [7, 11) is -4.17. The molecule has 2 heterocycles. The molecular weight excluding hydrogens is 555 g/mol. The maximum atomic E-state index is 13.5. The van der Waals surface area contributed by atoms with Crippen LogP contribution in [-0.4, -0.2) is 53.9 Å². The third kappa shape index (κ3) is 7.90. The summed E-state index contributed by atoms with van der Waals surface area (Å²) in [6.07, 6.45) is 8.06. The number of nitrogens with one attached hydrogen (secondary N) is 1. The molecule has 0 spiro atoms. The lowest BCUT2D eigenvalue weighted by Crippen LogP contribution is -2.48. The number of halogens is 1. The van der Waals surface area contributed by atoms with Gasteiger partial charge in [0.05, 0.1) is 18.2 Å². The number of cyclic esters (lactones) is 1. The van der Waals surface area contributed by atoms with Crippen LogP contribution in [0.1, 0.15) is 45.2 Å². The van der Waals surface area contributed by atoms with Crippen molar-refractivity contribution in [2.75, 3.05) is 6.61 Å². The van der Waals surface area contributed by atoms with Gasteiger partial charge in [0.1, 0.15) is 11.9 Å². The van der Waals surface area contributed by atoms with Gasteiger partial charge < -0.3 is 15.2 Å². The van der Waals surface area contributed by atoms with Gasteiger partial charge in [-0.3, -0.25) is 14.3 Å². The first kappa shape index (κ1) is 30.6. The molecule has 222 valence electrons. The summed E-state index contributed by atoms with van der Waals surface area (Å²) in [5, 5.41) is 11.8. The van der Waals surface area contributed by atoms with E-state index in [1.165, 1.54) is 19.1 Å². The fraction of sp³-hybridized carbons (Fsp3) is 0.483. The molecule has 1 amide bonds. The van der Waals surface area contributed by atoms with E-state index in [9.17, 15) is 22.4 Å². The van der Waals surface area contributed by atoms with Crippen molar-refractivity contribution in [1.82, 2.24) is 10.3 Å². The van der Waals surface area contributed by atoms with E-state index in [0.29, 0.717) is 5.92 Å². The van der Waals surface area contributed by atoms with Crippen LogP contribution in [0.15, 0.2) is 48.7 Å². The SMILES string of the molecule is CCOS(=O)(=O)O.C[C@H]1OC(=O)[C@@H]2C[C@@H]3C[C@H](NC(=O)O)CC[C@H]3[C@H](/C=C/c3ccc(-c4cccc(F)c4)cn3)[C@H]12. The van der Waals surface area contributed by atoms with Crippen molar-refractivity contribution in [1.29, 1.82) is 0 Å². The Labute approximate surface area is 238 Å². The molecule has 7 atom stereocenters. The van der Waals surface area contributed by atoms with Gasteiger partial charge in [0.25, 0.3) is 0 Å². The van der Waals surface area contributed by atoms with Crippen LogP contribution in [-0.2, 0) is 24.1 Å². The van der Waals surface area contributed by atoms with E-state index in [2.05, 4.69) is 20.6 Å². The van der Waals surface area contributed by atoms with E-state index >= 15 is 0 Å². The van der Waals surface area contributed by atoms with Gasteiger partial charge in [-0.15, -0.1) is 0 Å². The molecule has 1 aromatic carbocycles. The molecule has 0 bridgehead atoms. The van der Waals surface area contributed by atoms with E-state index in [1.54, 1.807) is 12.3 Å². The summed E-state index contributed by atoms with van der Waals surface area (Å²) in [6, 6.07) is 10.2. The Morgan fingerprint density at radius 1 is 1.22 bits per heavy atom. The smallest absolute Gasteiger partial charge is 0.404 e. The van der Waals surface area contributed by atoms with E-state index < -0.39 is 16.5 Å². The number of allylic oxidation sites excluding steroid dienone is 1. The Bertz CT molecular complexity index is 1370. The number of carbonyl (C=O) groups is 2. The molecule has 5 rings (SSSR count). The lowest BCUT2D eigenvalue weighted by atomic mass is 9.57. The van der Waals surface area contributed by atoms with E-state index in [1.807, 2.05) is 31.2 Å². The standard InChI is InChI=1S/C27H29FN2O4.C2H6O4S/c1-15-25-23(10-7-20-6-5-17(14-29-20)16-3-2-4-19(28)11-16)22-9-8-21(30-27(32)33)12-18(22)13-24(25)26(31)34-15;1-2-6-7(3,4)5/h2-7,10-11,14-15,18,21-25,30H,8-9,12-13H2,1H3,(H,32,33);2H2,1H3,(H,3,4,5)/b10-7+;/t15-,18+,21-,22-,23+,24-,25+;/m1./s1. The highest BCUT2D eigenvalue weighted by Crippen LogP contribution is 2.53. The van der Waals surface area contributed by atoms with Gasteiger partial charge in [-0.25, -0.2) is 13.4 Å². The minimum Gasteiger partial charge on any atom is -0.465 e. The number of rotatable bonds is 6. The van der Waals surface area contributed by atoms with Gasteiger partial charge in [0.2, 0.25) is 0 Å². The Hall–Kier alpha value is -3.35. The molecular formula is C29H35FN2O8S. The van der Waals surface area contributed by atoms with Gasteiger partial charge >= 0.3 is 22.5 Å². The van der Waals surface area contributed by atoms with Crippen LogP contribution in [0.4, 0.5) is 9.18 Å². The number of benzene rings is 1.